The predicted molar refractivity (Wildman–Crippen MR) is 98.5 cm³/mol. The van der Waals surface area contributed by atoms with Crippen LogP contribution in [0.5, 0.6) is 5.75 Å². The third-order valence-corrected chi connectivity index (χ3v) is 5.31. The number of ether oxygens (including phenoxy) is 1. The summed E-state index contributed by atoms with van der Waals surface area (Å²) in [5.74, 6) is 0.542. The first-order valence-corrected chi connectivity index (χ1v) is 8.71. The molecule has 2 heterocycles. The molecule has 0 radical (unpaired) electrons. The number of amides is 1. The number of nitrogens with one attached hydrogen (secondary N) is 1. The van der Waals surface area contributed by atoms with Gasteiger partial charge in [0.25, 0.3) is 5.91 Å². The van der Waals surface area contributed by atoms with E-state index < -0.39 is 0 Å². The number of benzene rings is 2. The Morgan fingerprint density at radius 1 is 1.08 bits per heavy atom. The van der Waals surface area contributed by atoms with Crippen LogP contribution in [0.3, 0.4) is 0 Å². The predicted octanol–water partition coefficient (Wildman–Crippen LogP) is 4.76. The van der Waals surface area contributed by atoms with E-state index >= 15 is 0 Å². The van der Waals surface area contributed by atoms with Gasteiger partial charge in [-0.1, -0.05) is 24.3 Å². The molecule has 0 saturated carbocycles. The summed E-state index contributed by atoms with van der Waals surface area (Å²) in [6.07, 6.45) is 0. The fourth-order valence-electron chi connectivity index (χ4n) is 2.89. The molecule has 0 bridgehead atoms. The lowest BCUT2D eigenvalue weighted by Gasteiger charge is -2.16. The second-order valence-corrected chi connectivity index (χ2v) is 6.86. The molecule has 1 amide bonds. The van der Waals surface area contributed by atoms with Crippen LogP contribution in [0.25, 0.3) is 10.4 Å². The van der Waals surface area contributed by atoms with Crippen LogP contribution in [0.15, 0.2) is 54.6 Å². The molecule has 1 N–H and O–H groups in total. The van der Waals surface area contributed by atoms with Crippen LogP contribution in [0, 0.1) is 0 Å². The van der Waals surface area contributed by atoms with E-state index in [4.69, 9.17) is 4.74 Å². The maximum Gasteiger partial charge on any atom is 0.265 e. The number of Topliss-reactive ketones (excluding diaryl/α,β-unsaturated/α-hetero) is 1. The molecule has 4 rings (SSSR count). The maximum atomic E-state index is 12.7. The molecule has 25 heavy (non-hydrogen) atoms. The van der Waals surface area contributed by atoms with Crippen molar-refractivity contribution in [1.29, 1.82) is 0 Å². The topological polar surface area (TPSA) is 55.4 Å². The molecule has 0 spiro atoms. The highest BCUT2D eigenvalue weighted by molar-refractivity contribution is 7.17. The van der Waals surface area contributed by atoms with Gasteiger partial charge in [-0.15, -0.1) is 11.3 Å². The minimum Gasteiger partial charge on any atom is -0.488 e. The van der Waals surface area contributed by atoms with Gasteiger partial charge in [0.05, 0.1) is 10.6 Å². The highest BCUT2D eigenvalue weighted by Crippen LogP contribution is 2.42. The Kier molecular flexibility index (Phi) is 3.86. The maximum absolute atomic E-state index is 12.7. The molecule has 0 aliphatic carbocycles. The third kappa shape index (κ3) is 2.83. The van der Waals surface area contributed by atoms with Crippen LogP contribution in [0.1, 0.15) is 32.5 Å². The molecule has 0 unspecified atom stereocenters. The van der Waals surface area contributed by atoms with Crippen molar-refractivity contribution in [1.82, 2.24) is 0 Å². The number of ketones is 1. The number of fused-ring (bicyclic) bond motifs is 3. The summed E-state index contributed by atoms with van der Waals surface area (Å²) in [7, 11) is 0. The minimum atomic E-state index is -0.217. The number of anilines is 1. The van der Waals surface area contributed by atoms with Crippen LogP contribution in [0.2, 0.25) is 0 Å². The van der Waals surface area contributed by atoms with E-state index in [1.165, 1.54) is 18.3 Å². The van der Waals surface area contributed by atoms with Gasteiger partial charge < -0.3 is 10.1 Å². The molecule has 0 atom stereocenters. The number of hydrogen-bond acceptors (Lipinski definition) is 4. The van der Waals surface area contributed by atoms with Crippen molar-refractivity contribution in [3.8, 4) is 16.2 Å². The monoisotopic (exact) mass is 349 g/mol. The van der Waals surface area contributed by atoms with E-state index in [9.17, 15) is 9.59 Å². The van der Waals surface area contributed by atoms with Crippen molar-refractivity contribution in [3.63, 3.8) is 0 Å². The number of para-hydroxylation sites is 2. The van der Waals surface area contributed by atoms with E-state index in [-0.39, 0.29) is 11.7 Å². The SMILES string of the molecule is CC(=O)c1ccccc1NC(=O)c1cc2c(s1)-c1ccccc1OC2. The van der Waals surface area contributed by atoms with Crippen LogP contribution in [-0.2, 0) is 6.61 Å². The van der Waals surface area contributed by atoms with E-state index in [0.717, 1.165) is 21.8 Å². The molecular weight excluding hydrogens is 334 g/mol. The van der Waals surface area contributed by atoms with Crippen molar-refractivity contribution in [2.45, 2.75) is 13.5 Å². The first kappa shape index (κ1) is 15.6. The van der Waals surface area contributed by atoms with Gasteiger partial charge in [-0.2, -0.15) is 0 Å². The molecule has 3 aromatic rings. The lowest BCUT2D eigenvalue weighted by molar-refractivity contribution is 0.101. The lowest BCUT2D eigenvalue weighted by Crippen LogP contribution is -2.13. The molecule has 0 fully saturated rings. The largest absolute Gasteiger partial charge is 0.488 e. The molecule has 124 valence electrons. The van der Waals surface area contributed by atoms with Crippen molar-refractivity contribution < 1.29 is 14.3 Å². The van der Waals surface area contributed by atoms with Gasteiger partial charge in [0.15, 0.2) is 5.78 Å². The van der Waals surface area contributed by atoms with Gasteiger partial charge in [0.1, 0.15) is 12.4 Å². The zero-order valence-corrected chi connectivity index (χ0v) is 14.4. The van der Waals surface area contributed by atoms with Gasteiger partial charge in [-0.05, 0) is 37.3 Å². The third-order valence-electron chi connectivity index (χ3n) is 4.10. The molecule has 4 nitrogen and oxygen atoms in total. The van der Waals surface area contributed by atoms with Crippen molar-refractivity contribution in [3.05, 3.63) is 70.6 Å². The number of thiophene rings is 1. The Morgan fingerprint density at radius 2 is 1.84 bits per heavy atom. The van der Waals surface area contributed by atoms with Gasteiger partial charge in [0.2, 0.25) is 0 Å². The standard InChI is InChI=1S/C20H15NO3S/c1-12(22)14-6-2-4-8-16(14)21-20(23)18-10-13-11-24-17-9-5-3-7-15(17)19(13)25-18/h2-10H,11H2,1H3,(H,21,23). The summed E-state index contributed by atoms with van der Waals surface area (Å²) < 4.78 is 5.74. The number of rotatable bonds is 3. The zero-order chi connectivity index (χ0) is 17.4. The van der Waals surface area contributed by atoms with E-state index in [2.05, 4.69) is 5.32 Å². The van der Waals surface area contributed by atoms with E-state index in [1.54, 1.807) is 24.3 Å². The number of carbonyl (C=O) groups excluding carboxylic acids is 2. The first-order chi connectivity index (χ1) is 12.1. The molecule has 1 aliphatic heterocycles. The summed E-state index contributed by atoms with van der Waals surface area (Å²) in [5.41, 5.74) is 3.06. The van der Waals surface area contributed by atoms with Gasteiger partial charge in [0, 0.05) is 21.6 Å². The Bertz CT molecular complexity index is 990. The highest BCUT2D eigenvalue weighted by Gasteiger charge is 2.22. The normalized spacial score (nSPS) is 11.9. The van der Waals surface area contributed by atoms with Gasteiger partial charge in [-0.25, -0.2) is 0 Å². The quantitative estimate of drug-likeness (QED) is 0.694. The first-order valence-electron chi connectivity index (χ1n) is 7.89. The summed E-state index contributed by atoms with van der Waals surface area (Å²) in [4.78, 5) is 26.0. The average Bonchev–Trinajstić information content (AvgIpc) is 3.07. The van der Waals surface area contributed by atoms with Crippen LogP contribution in [0.4, 0.5) is 5.69 Å². The molecule has 1 aliphatic rings. The molecule has 2 aromatic carbocycles. The van der Waals surface area contributed by atoms with Gasteiger partial charge in [-0.3, -0.25) is 9.59 Å². The smallest absolute Gasteiger partial charge is 0.265 e. The van der Waals surface area contributed by atoms with E-state index in [0.29, 0.717) is 22.7 Å². The minimum absolute atomic E-state index is 0.0799. The summed E-state index contributed by atoms with van der Waals surface area (Å²) in [5, 5.41) is 2.85. The summed E-state index contributed by atoms with van der Waals surface area (Å²) in [6, 6.07) is 16.7. The van der Waals surface area contributed by atoms with Crippen molar-refractivity contribution in [2.24, 2.45) is 0 Å². The molecular formula is C20H15NO3S. The fourth-order valence-corrected chi connectivity index (χ4v) is 3.99. The number of hydrogen-bond donors (Lipinski definition) is 1. The highest BCUT2D eigenvalue weighted by atomic mass is 32.1. The Hall–Kier alpha value is -2.92. The second kappa shape index (κ2) is 6.18. The fraction of sp³-hybridized carbons (Fsp3) is 0.100. The van der Waals surface area contributed by atoms with Gasteiger partial charge >= 0.3 is 0 Å². The second-order valence-electron chi connectivity index (χ2n) is 5.81. The molecule has 0 saturated heterocycles. The Balaban J connectivity index is 1.66. The molecule has 5 heteroatoms. The van der Waals surface area contributed by atoms with Crippen molar-refractivity contribution in [2.75, 3.05) is 5.32 Å². The van der Waals surface area contributed by atoms with Crippen LogP contribution < -0.4 is 10.1 Å². The average molecular weight is 349 g/mol. The van der Waals surface area contributed by atoms with E-state index in [1.807, 2.05) is 30.3 Å². The summed E-state index contributed by atoms with van der Waals surface area (Å²) in [6.45, 7) is 1.95. The Labute approximate surface area is 149 Å². The Morgan fingerprint density at radius 3 is 2.68 bits per heavy atom. The zero-order valence-electron chi connectivity index (χ0n) is 13.5. The summed E-state index contributed by atoms with van der Waals surface area (Å²) >= 11 is 1.44. The lowest BCUT2D eigenvalue weighted by atomic mass is 10.1. The van der Waals surface area contributed by atoms with Crippen LogP contribution >= 0.6 is 11.3 Å². The molecule has 1 aromatic heterocycles. The van der Waals surface area contributed by atoms with Crippen LogP contribution in [-0.4, -0.2) is 11.7 Å². The number of carbonyl (C=O) groups is 2. The van der Waals surface area contributed by atoms with Crippen molar-refractivity contribution >= 4 is 28.7 Å².